The van der Waals surface area contributed by atoms with Crippen LogP contribution in [0.1, 0.15) is 15.9 Å². The lowest BCUT2D eigenvalue weighted by atomic mass is 10.1. The number of nitro benzene ring substituents is 1. The number of hydrogen-bond donors (Lipinski definition) is 2. The molecule has 0 fully saturated rings. The van der Waals surface area contributed by atoms with Crippen LogP contribution in [0.2, 0.25) is 0 Å². The van der Waals surface area contributed by atoms with E-state index in [1.54, 1.807) is 18.2 Å². The molecule has 102 valence electrons. The molecule has 0 radical (unpaired) electrons. The van der Waals surface area contributed by atoms with E-state index in [9.17, 15) is 20.0 Å². The van der Waals surface area contributed by atoms with Crippen LogP contribution in [0.5, 0.6) is 5.75 Å². The third-order valence-corrected chi connectivity index (χ3v) is 2.61. The Hall–Kier alpha value is -2.96. The number of para-hydroxylation sites is 1. The van der Waals surface area contributed by atoms with Gasteiger partial charge in [0.2, 0.25) is 0 Å². The fraction of sp³-hybridized carbons (Fsp3) is 0.0769. The monoisotopic (exact) mass is 273 g/mol. The van der Waals surface area contributed by atoms with Crippen molar-refractivity contribution in [3.8, 4) is 5.75 Å². The molecular weight excluding hydrogens is 262 g/mol. The number of amides is 1. The maximum atomic E-state index is 11.8. The first-order valence-electron chi connectivity index (χ1n) is 5.72. The van der Waals surface area contributed by atoms with Gasteiger partial charge in [-0.25, -0.2) is 0 Å². The number of nitrogens with zero attached hydrogens (tertiary/aromatic N) is 2. The molecule has 1 heterocycles. The second-order valence-corrected chi connectivity index (χ2v) is 4.00. The number of hydrogen-bond acceptors (Lipinski definition) is 5. The summed E-state index contributed by atoms with van der Waals surface area (Å²) in [5.74, 6) is -0.588. The second kappa shape index (κ2) is 5.79. The summed E-state index contributed by atoms with van der Waals surface area (Å²) in [4.78, 5) is 25.8. The fourth-order valence-corrected chi connectivity index (χ4v) is 1.67. The van der Waals surface area contributed by atoms with Gasteiger partial charge >= 0.3 is 0 Å². The molecule has 1 aromatic heterocycles. The van der Waals surface area contributed by atoms with Crippen LogP contribution in [0.4, 0.5) is 5.69 Å². The van der Waals surface area contributed by atoms with Crippen molar-refractivity contribution in [2.45, 2.75) is 6.54 Å². The highest BCUT2D eigenvalue weighted by Crippen LogP contribution is 2.17. The molecule has 1 aromatic carbocycles. The van der Waals surface area contributed by atoms with Gasteiger partial charge in [0, 0.05) is 24.4 Å². The first kappa shape index (κ1) is 13.5. The molecule has 0 bridgehead atoms. The van der Waals surface area contributed by atoms with Crippen LogP contribution >= 0.6 is 0 Å². The number of rotatable bonds is 4. The summed E-state index contributed by atoms with van der Waals surface area (Å²) >= 11 is 0. The summed E-state index contributed by atoms with van der Waals surface area (Å²) in [7, 11) is 0. The predicted octanol–water partition coefficient (Wildman–Crippen LogP) is 1.63. The van der Waals surface area contributed by atoms with Gasteiger partial charge in [-0.3, -0.25) is 19.9 Å². The molecule has 20 heavy (non-hydrogen) atoms. The molecular formula is C13H11N3O4. The zero-order valence-electron chi connectivity index (χ0n) is 10.3. The van der Waals surface area contributed by atoms with E-state index in [0.717, 1.165) is 0 Å². The Balaban J connectivity index is 2.09. The maximum absolute atomic E-state index is 11.8. The number of aromatic hydroxyl groups is 1. The predicted molar refractivity (Wildman–Crippen MR) is 70.2 cm³/mol. The molecule has 1 amide bonds. The van der Waals surface area contributed by atoms with Gasteiger partial charge in [-0.15, -0.1) is 0 Å². The Kier molecular flexibility index (Phi) is 3.90. The SMILES string of the molecule is O=C(NCc1ccccc1[N+](=O)[O-])c1cncc(O)c1. The minimum absolute atomic E-state index is 0.0195. The van der Waals surface area contributed by atoms with Gasteiger partial charge in [-0.05, 0) is 6.07 Å². The van der Waals surface area contributed by atoms with Crippen molar-refractivity contribution in [3.63, 3.8) is 0 Å². The smallest absolute Gasteiger partial charge is 0.274 e. The molecule has 0 aliphatic heterocycles. The number of benzene rings is 1. The van der Waals surface area contributed by atoms with Crippen LogP contribution in [0.15, 0.2) is 42.7 Å². The number of carbonyl (C=O) groups excluding carboxylic acids is 1. The third-order valence-electron chi connectivity index (χ3n) is 2.61. The summed E-state index contributed by atoms with van der Waals surface area (Å²) < 4.78 is 0. The summed E-state index contributed by atoms with van der Waals surface area (Å²) in [5, 5.41) is 22.6. The lowest BCUT2D eigenvalue weighted by Gasteiger charge is -2.06. The summed E-state index contributed by atoms with van der Waals surface area (Å²) in [6.07, 6.45) is 2.51. The Labute approximate surface area is 114 Å². The average molecular weight is 273 g/mol. The van der Waals surface area contributed by atoms with Crippen molar-refractivity contribution in [1.82, 2.24) is 10.3 Å². The number of nitrogens with one attached hydrogen (secondary N) is 1. The molecule has 0 spiro atoms. The minimum Gasteiger partial charge on any atom is -0.506 e. The standard InChI is InChI=1S/C13H11N3O4/c17-11-5-10(6-14-8-11)13(18)15-7-9-3-1-2-4-12(9)16(19)20/h1-6,8,17H,7H2,(H,15,18). The van der Waals surface area contributed by atoms with Crippen LogP contribution in [0.3, 0.4) is 0 Å². The van der Waals surface area contributed by atoms with Gasteiger partial charge in [0.25, 0.3) is 11.6 Å². The molecule has 0 aliphatic carbocycles. The first-order valence-corrected chi connectivity index (χ1v) is 5.72. The number of carbonyl (C=O) groups is 1. The molecule has 0 saturated carbocycles. The Morgan fingerprint density at radius 2 is 2.10 bits per heavy atom. The van der Waals surface area contributed by atoms with E-state index in [2.05, 4.69) is 10.3 Å². The van der Waals surface area contributed by atoms with Crippen molar-refractivity contribution >= 4 is 11.6 Å². The highest BCUT2D eigenvalue weighted by atomic mass is 16.6. The van der Waals surface area contributed by atoms with Crippen LogP contribution in [0, 0.1) is 10.1 Å². The van der Waals surface area contributed by atoms with Crippen LogP contribution < -0.4 is 5.32 Å². The number of aromatic nitrogens is 1. The van der Waals surface area contributed by atoms with E-state index in [4.69, 9.17) is 0 Å². The Morgan fingerprint density at radius 1 is 1.35 bits per heavy atom. The van der Waals surface area contributed by atoms with E-state index >= 15 is 0 Å². The summed E-state index contributed by atoms with van der Waals surface area (Å²) in [5.41, 5.74) is 0.532. The Bertz CT molecular complexity index is 658. The van der Waals surface area contributed by atoms with Gasteiger partial charge in [0.1, 0.15) is 5.75 Å². The highest BCUT2D eigenvalue weighted by Gasteiger charge is 2.13. The van der Waals surface area contributed by atoms with E-state index in [0.29, 0.717) is 5.56 Å². The van der Waals surface area contributed by atoms with Crippen LogP contribution in [-0.4, -0.2) is 20.9 Å². The maximum Gasteiger partial charge on any atom is 0.274 e. The van der Waals surface area contributed by atoms with Gasteiger partial charge < -0.3 is 10.4 Å². The summed E-state index contributed by atoms with van der Waals surface area (Å²) in [6, 6.07) is 7.42. The molecule has 0 atom stereocenters. The second-order valence-electron chi connectivity index (χ2n) is 4.00. The minimum atomic E-state index is -0.503. The molecule has 2 rings (SSSR count). The number of nitro groups is 1. The first-order chi connectivity index (χ1) is 9.58. The van der Waals surface area contributed by atoms with E-state index in [-0.39, 0.29) is 23.5 Å². The van der Waals surface area contributed by atoms with Gasteiger partial charge in [0.05, 0.1) is 16.7 Å². The van der Waals surface area contributed by atoms with Crippen molar-refractivity contribution in [2.75, 3.05) is 0 Å². The third kappa shape index (κ3) is 3.08. The summed E-state index contributed by atoms with van der Waals surface area (Å²) in [6.45, 7) is 0.0195. The van der Waals surface area contributed by atoms with E-state index in [1.165, 1.54) is 24.5 Å². The molecule has 0 aliphatic rings. The molecule has 7 nitrogen and oxygen atoms in total. The quantitative estimate of drug-likeness (QED) is 0.650. The van der Waals surface area contributed by atoms with Gasteiger partial charge in [-0.2, -0.15) is 0 Å². The van der Waals surface area contributed by atoms with Gasteiger partial charge in [0.15, 0.2) is 0 Å². The molecule has 2 N–H and O–H groups in total. The van der Waals surface area contributed by atoms with Crippen LogP contribution in [-0.2, 0) is 6.54 Å². The molecule has 0 saturated heterocycles. The molecule has 2 aromatic rings. The average Bonchev–Trinajstić information content (AvgIpc) is 2.45. The van der Waals surface area contributed by atoms with E-state index < -0.39 is 10.8 Å². The van der Waals surface area contributed by atoms with Crippen LogP contribution in [0.25, 0.3) is 0 Å². The van der Waals surface area contributed by atoms with Crippen molar-refractivity contribution < 1.29 is 14.8 Å². The zero-order valence-corrected chi connectivity index (χ0v) is 10.3. The van der Waals surface area contributed by atoms with Crippen molar-refractivity contribution in [2.24, 2.45) is 0 Å². The lowest BCUT2D eigenvalue weighted by molar-refractivity contribution is -0.385. The normalized spacial score (nSPS) is 10.0. The number of pyridine rings is 1. The lowest BCUT2D eigenvalue weighted by Crippen LogP contribution is -2.23. The topological polar surface area (TPSA) is 105 Å². The van der Waals surface area contributed by atoms with Crippen molar-refractivity contribution in [3.05, 3.63) is 64.0 Å². The Morgan fingerprint density at radius 3 is 2.80 bits per heavy atom. The zero-order chi connectivity index (χ0) is 14.5. The van der Waals surface area contributed by atoms with Crippen molar-refractivity contribution in [1.29, 1.82) is 0 Å². The molecule has 7 heteroatoms. The van der Waals surface area contributed by atoms with Gasteiger partial charge in [-0.1, -0.05) is 18.2 Å². The highest BCUT2D eigenvalue weighted by molar-refractivity contribution is 5.94. The van der Waals surface area contributed by atoms with E-state index in [1.807, 2.05) is 0 Å². The largest absolute Gasteiger partial charge is 0.506 e. The molecule has 0 unspecified atom stereocenters. The fourth-order valence-electron chi connectivity index (χ4n) is 1.67.